The van der Waals surface area contributed by atoms with Crippen molar-refractivity contribution in [2.24, 2.45) is 0 Å². The average molecular weight is 232 g/mol. The van der Waals surface area contributed by atoms with Crippen molar-refractivity contribution in [3.8, 4) is 5.75 Å². The summed E-state index contributed by atoms with van der Waals surface area (Å²) in [6.07, 6.45) is 0. The second-order valence-corrected chi connectivity index (χ2v) is 3.60. The molecule has 0 heterocycles. The van der Waals surface area contributed by atoms with Crippen LogP contribution in [-0.4, -0.2) is 7.11 Å². The summed E-state index contributed by atoms with van der Waals surface area (Å²) in [4.78, 5) is 0. The number of anilines is 3. The molecule has 0 spiro atoms. The van der Waals surface area contributed by atoms with Gasteiger partial charge in [0.15, 0.2) is 0 Å². The fourth-order valence-corrected chi connectivity index (χ4v) is 1.50. The summed E-state index contributed by atoms with van der Waals surface area (Å²) in [5.41, 5.74) is 7.36. The van der Waals surface area contributed by atoms with Crippen molar-refractivity contribution < 1.29 is 9.13 Å². The first-order valence-electron chi connectivity index (χ1n) is 5.15. The van der Waals surface area contributed by atoms with Gasteiger partial charge in [0.1, 0.15) is 11.6 Å². The normalized spacial score (nSPS) is 10.0. The highest BCUT2D eigenvalue weighted by Crippen LogP contribution is 2.25. The van der Waals surface area contributed by atoms with E-state index in [0.717, 1.165) is 5.69 Å². The van der Waals surface area contributed by atoms with Crippen molar-refractivity contribution in [2.75, 3.05) is 18.2 Å². The number of halogens is 1. The van der Waals surface area contributed by atoms with Gasteiger partial charge >= 0.3 is 0 Å². The number of methoxy groups -OCH3 is 1. The first-order chi connectivity index (χ1) is 8.19. The molecule has 0 fully saturated rings. The fraction of sp³-hybridized carbons (Fsp3) is 0.0769. The molecule has 0 unspecified atom stereocenters. The Kier molecular flexibility index (Phi) is 3.14. The van der Waals surface area contributed by atoms with Crippen molar-refractivity contribution in [2.45, 2.75) is 0 Å². The van der Waals surface area contributed by atoms with Gasteiger partial charge in [0.25, 0.3) is 0 Å². The minimum Gasteiger partial charge on any atom is -0.497 e. The SMILES string of the molecule is COc1ccc(F)c(Nc2cccc(N)c2)c1. The predicted octanol–water partition coefficient (Wildman–Crippen LogP) is 3.16. The van der Waals surface area contributed by atoms with Crippen LogP contribution in [0.5, 0.6) is 5.75 Å². The third kappa shape index (κ3) is 2.66. The maximum atomic E-state index is 13.5. The molecule has 0 bridgehead atoms. The van der Waals surface area contributed by atoms with E-state index in [1.165, 1.54) is 13.2 Å². The van der Waals surface area contributed by atoms with Crippen LogP contribution in [0.3, 0.4) is 0 Å². The molecule has 2 aromatic carbocycles. The Hall–Kier alpha value is -2.23. The number of nitrogen functional groups attached to an aromatic ring is 1. The van der Waals surface area contributed by atoms with Crippen LogP contribution < -0.4 is 15.8 Å². The Labute approximate surface area is 99.0 Å². The van der Waals surface area contributed by atoms with Gasteiger partial charge in [0.2, 0.25) is 0 Å². The highest BCUT2D eigenvalue weighted by molar-refractivity contribution is 5.65. The van der Waals surface area contributed by atoms with Crippen molar-refractivity contribution in [1.82, 2.24) is 0 Å². The van der Waals surface area contributed by atoms with Crippen molar-refractivity contribution >= 4 is 17.1 Å². The standard InChI is InChI=1S/C13H13FN2O/c1-17-11-5-6-12(14)13(8-11)16-10-4-2-3-9(15)7-10/h2-8,16H,15H2,1H3. The maximum Gasteiger partial charge on any atom is 0.146 e. The third-order valence-electron chi connectivity index (χ3n) is 2.34. The molecule has 2 rings (SSSR count). The number of rotatable bonds is 3. The maximum absolute atomic E-state index is 13.5. The summed E-state index contributed by atoms with van der Waals surface area (Å²) < 4.78 is 18.6. The number of hydrogen-bond donors (Lipinski definition) is 2. The number of benzene rings is 2. The van der Waals surface area contributed by atoms with Gasteiger partial charge in [-0.25, -0.2) is 4.39 Å². The molecule has 3 nitrogen and oxygen atoms in total. The van der Waals surface area contributed by atoms with E-state index >= 15 is 0 Å². The van der Waals surface area contributed by atoms with Gasteiger partial charge in [-0.1, -0.05) is 6.07 Å². The van der Waals surface area contributed by atoms with Crippen molar-refractivity contribution in [3.05, 3.63) is 48.3 Å². The number of ether oxygens (including phenoxy) is 1. The molecular weight excluding hydrogens is 219 g/mol. The molecule has 88 valence electrons. The van der Waals surface area contributed by atoms with E-state index < -0.39 is 0 Å². The molecule has 0 aromatic heterocycles. The molecule has 0 aliphatic carbocycles. The third-order valence-corrected chi connectivity index (χ3v) is 2.34. The zero-order valence-corrected chi connectivity index (χ0v) is 9.41. The van der Waals surface area contributed by atoms with E-state index in [0.29, 0.717) is 17.1 Å². The van der Waals surface area contributed by atoms with E-state index in [9.17, 15) is 4.39 Å². The van der Waals surface area contributed by atoms with E-state index in [-0.39, 0.29) is 5.82 Å². The van der Waals surface area contributed by atoms with E-state index in [2.05, 4.69) is 5.32 Å². The topological polar surface area (TPSA) is 47.3 Å². The molecule has 17 heavy (non-hydrogen) atoms. The fourth-order valence-electron chi connectivity index (χ4n) is 1.50. The van der Waals surface area contributed by atoms with Crippen LogP contribution in [0.1, 0.15) is 0 Å². The van der Waals surface area contributed by atoms with E-state index in [1.54, 1.807) is 30.3 Å². The second kappa shape index (κ2) is 4.74. The summed E-state index contributed by atoms with van der Waals surface area (Å²) in [5, 5.41) is 2.95. The van der Waals surface area contributed by atoms with Crippen LogP contribution in [0, 0.1) is 5.82 Å². The summed E-state index contributed by atoms with van der Waals surface area (Å²) in [6.45, 7) is 0. The highest BCUT2D eigenvalue weighted by Gasteiger charge is 2.04. The average Bonchev–Trinajstić information content (AvgIpc) is 2.32. The largest absolute Gasteiger partial charge is 0.497 e. The van der Waals surface area contributed by atoms with Crippen LogP contribution >= 0.6 is 0 Å². The predicted molar refractivity (Wildman–Crippen MR) is 67.1 cm³/mol. The Bertz CT molecular complexity index is 529. The highest BCUT2D eigenvalue weighted by atomic mass is 19.1. The molecule has 0 saturated carbocycles. The van der Waals surface area contributed by atoms with Crippen LogP contribution in [0.15, 0.2) is 42.5 Å². The lowest BCUT2D eigenvalue weighted by molar-refractivity contribution is 0.414. The van der Waals surface area contributed by atoms with Gasteiger partial charge in [-0.2, -0.15) is 0 Å². The molecule has 2 aromatic rings. The molecule has 4 heteroatoms. The lowest BCUT2D eigenvalue weighted by Gasteiger charge is -2.09. The molecule has 0 radical (unpaired) electrons. The van der Waals surface area contributed by atoms with Gasteiger partial charge < -0.3 is 15.8 Å². The Morgan fingerprint density at radius 1 is 1.18 bits per heavy atom. The Morgan fingerprint density at radius 3 is 2.71 bits per heavy atom. The van der Waals surface area contributed by atoms with Crippen LogP contribution in [0.4, 0.5) is 21.5 Å². The van der Waals surface area contributed by atoms with Gasteiger partial charge in [-0.3, -0.25) is 0 Å². The van der Waals surface area contributed by atoms with Crippen LogP contribution in [-0.2, 0) is 0 Å². The minimum absolute atomic E-state index is 0.340. The lowest BCUT2D eigenvalue weighted by Crippen LogP contribution is -1.95. The summed E-state index contributed by atoms with van der Waals surface area (Å²) in [5.74, 6) is 0.256. The Morgan fingerprint density at radius 2 is 2.00 bits per heavy atom. The van der Waals surface area contributed by atoms with Crippen LogP contribution in [0.25, 0.3) is 0 Å². The smallest absolute Gasteiger partial charge is 0.146 e. The number of nitrogens with two attached hydrogens (primary N) is 1. The van der Waals surface area contributed by atoms with Crippen molar-refractivity contribution in [1.29, 1.82) is 0 Å². The van der Waals surface area contributed by atoms with E-state index in [1.807, 2.05) is 6.07 Å². The lowest BCUT2D eigenvalue weighted by atomic mass is 10.2. The molecular formula is C13H13FN2O. The van der Waals surface area contributed by atoms with Gasteiger partial charge in [0, 0.05) is 17.4 Å². The monoisotopic (exact) mass is 232 g/mol. The molecule has 3 N–H and O–H groups in total. The molecule has 0 aliphatic rings. The molecule has 0 atom stereocenters. The van der Waals surface area contributed by atoms with Gasteiger partial charge in [-0.15, -0.1) is 0 Å². The minimum atomic E-state index is -0.340. The molecule has 0 amide bonds. The second-order valence-electron chi connectivity index (χ2n) is 3.60. The number of nitrogens with one attached hydrogen (secondary N) is 1. The zero-order valence-electron chi connectivity index (χ0n) is 9.41. The summed E-state index contributed by atoms with van der Waals surface area (Å²) in [7, 11) is 1.54. The van der Waals surface area contributed by atoms with Gasteiger partial charge in [0.05, 0.1) is 12.8 Å². The van der Waals surface area contributed by atoms with Crippen molar-refractivity contribution in [3.63, 3.8) is 0 Å². The Balaban J connectivity index is 2.29. The van der Waals surface area contributed by atoms with Crippen LogP contribution in [0.2, 0.25) is 0 Å². The molecule has 0 saturated heterocycles. The summed E-state index contributed by atoms with van der Waals surface area (Å²) >= 11 is 0. The molecule has 0 aliphatic heterocycles. The van der Waals surface area contributed by atoms with E-state index in [4.69, 9.17) is 10.5 Å². The van der Waals surface area contributed by atoms with Gasteiger partial charge in [-0.05, 0) is 30.3 Å². The zero-order chi connectivity index (χ0) is 12.3. The first-order valence-corrected chi connectivity index (χ1v) is 5.15. The first kappa shape index (κ1) is 11.3. The quantitative estimate of drug-likeness (QED) is 0.799. The number of hydrogen-bond acceptors (Lipinski definition) is 3. The summed E-state index contributed by atoms with van der Waals surface area (Å²) in [6, 6.07) is 11.6.